The molecule has 0 unspecified atom stereocenters. The molecule has 0 aliphatic heterocycles. The van der Waals surface area contributed by atoms with Crippen LogP contribution in [0.4, 0.5) is 0 Å². The van der Waals surface area contributed by atoms with Crippen LogP contribution in [0.15, 0.2) is 46.9 Å². The predicted octanol–water partition coefficient (Wildman–Crippen LogP) is 3.03. The highest BCUT2D eigenvalue weighted by molar-refractivity contribution is 9.10. The summed E-state index contributed by atoms with van der Waals surface area (Å²) in [7, 11) is 1.71. The normalized spacial score (nSPS) is 10.5. The molecule has 0 aliphatic rings. The molecule has 0 spiro atoms. The minimum atomic E-state index is 0.913. The number of hydrogen-bond donors (Lipinski definition) is 1. The molecule has 0 aromatic heterocycles. The monoisotopic (exact) mass is 320 g/mol. The van der Waals surface area contributed by atoms with Crippen LogP contribution in [0.2, 0.25) is 0 Å². The van der Waals surface area contributed by atoms with Crippen molar-refractivity contribution in [1.82, 2.24) is 0 Å². The van der Waals surface area contributed by atoms with E-state index in [9.17, 15) is 0 Å². The van der Waals surface area contributed by atoms with Crippen LogP contribution in [0, 0.1) is 6.92 Å². The van der Waals surface area contributed by atoms with E-state index in [1.165, 1.54) is 16.7 Å². The molecule has 0 amide bonds. The van der Waals surface area contributed by atoms with Gasteiger partial charge in [-0.2, -0.15) is 0 Å². The van der Waals surface area contributed by atoms with E-state index in [-0.39, 0.29) is 0 Å². The van der Waals surface area contributed by atoms with Gasteiger partial charge in [0.1, 0.15) is 18.8 Å². The van der Waals surface area contributed by atoms with Gasteiger partial charge in [0.15, 0.2) is 0 Å². The molecule has 0 bridgehead atoms. The van der Waals surface area contributed by atoms with Gasteiger partial charge >= 0.3 is 0 Å². The fourth-order valence-corrected chi connectivity index (χ4v) is 2.43. The molecule has 0 fully saturated rings. The first-order chi connectivity index (χ1) is 9.19. The van der Waals surface area contributed by atoms with Gasteiger partial charge in [-0.1, -0.05) is 45.8 Å². The number of ether oxygens (including phenoxy) is 1. The summed E-state index contributed by atoms with van der Waals surface area (Å²) in [5.41, 5.74) is 3.86. The maximum atomic E-state index is 5.38. The summed E-state index contributed by atoms with van der Waals surface area (Å²) in [6.45, 7) is 4.01. The van der Waals surface area contributed by atoms with Crippen molar-refractivity contribution in [2.24, 2.45) is 0 Å². The Bertz CT molecular complexity index is 537. The predicted molar refractivity (Wildman–Crippen MR) is 81.2 cm³/mol. The van der Waals surface area contributed by atoms with Crippen LogP contribution < -0.4 is 10.1 Å². The number of aryl methyl sites for hydroxylation is 1. The van der Waals surface area contributed by atoms with E-state index in [1.807, 2.05) is 12.1 Å². The molecule has 2 rings (SSSR count). The molecule has 0 saturated heterocycles. The summed E-state index contributed by atoms with van der Waals surface area (Å²) in [4.78, 5) is 0. The third kappa shape index (κ3) is 4.08. The Balaban J connectivity index is 1.95. The van der Waals surface area contributed by atoms with E-state index in [2.05, 4.69) is 58.5 Å². The molecule has 19 heavy (non-hydrogen) atoms. The van der Waals surface area contributed by atoms with Crippen LogP contribution >= 0.6 is 15.9 Å². The second-order valence-electron chi connectivity index (χ2n) is 4.64. The minimum Gasteiger partial charge on any atom is -0.496 e. The topological polar surface area (TPSA) is 25.8 Å². The zero-order chi connectivity index (χ0) is 13.7. The lowest BCUT2D eigenvalue weighted by Crippen LogP contribution is -2.80. The molecule has 2 aromatic carbocycles. The quantitative estimate of drug-likeness (QED) is 0.900. The number of methoxy groups -OCH3 is 1. The highest BCUT2D eigenvalue weighted by Gasteiger charge is 2.05. The SMILES string of the molecule is COc1ccc(Br)cc1C[NH2+]Cc1ccc(C)cc1. The van der Waals surface area contributed by atoms with Gasteiger partial charge in [-0.25, -0.2) is 0 Å². The van der Waals surface area contributed by atoms with Crippen LogP contribution in [-0.4, -0.2) is 7.11 Å². The van der Waals surface area contributed by atoms with Crippen LogP contribution in [0.3, 0.4) is 0 Å². The molecule has 2 aromatic rings. The van der Waals surface area contributed by atoms with Gasteiger partial charge in [0.2, 0.25) is 0 Å². The number of halogens is 1. The van der Waals surface area contributed by atoms with Crippen molar-refractivity contribution in [3.63, 3.8) is 0 Å². The molecular formula is C16H19BrNO+. The molecule has 0 aliphatic carbocycles. The fraction of sp³-hybridized carbons (Fsp3) is 0.250. The van der Waals surface area contributed by atoms with Crippen molar-refractivity contribution < 1.29 is 10.1 Å². The van der Waals surface area contributed by atoms with Gasteiger partial charge in [-0.05, 0) is 25.1 Å². The van der Waals surface area contributed by atoms with E-state index in [0.717, 1.165) is 23.3 Å². The standard InChI is InChI=1S/C16H18BrNO/c1-12-3-5-13(6-4-12)10-18-11-14-9-15(17)7-8-16(14)19-2/h3-9,18H,10-11H2,1-2H3/p+1. The van der Waals surface area contributed by atoms with Gasteiger partial charge in [-0.15, -0.1) is 0 Å². The van der Waals surface area contributed by atoms with Crippen molar-refractivity contribution >= 4 is 15.9 Å². The fourth-order valence-electron chi connectivity index (χ4n) is 2.03. The van der Waals surface area contributed by atoms with Crippen molar-refractivity contribution in [3.8, 4) is 5.75 Å². The molecule has 2 N–H and O–H groups in total. The Kier molecular flexibility index (Phi) is 5.00. The molecule has 2 nitrogen and oxygen atoms in total. The van der Waals surface area contributed by atoms with Gasteiger partial charge in [0.25, 0.3) is 0 Å². The van der Waals surface area contributed by atoms with Crippen molar-refractivity contribution in [2.75, 3.05) is 7.11 Å². The Labute approximate surface area is 122 Å². The maximum Gasteiger partial charge on any atom is 0.127 e. The van der Waals surface area contributed by atoms with Gasteiger partial charge in [-0.3, -0.25) is 0 Å². The Morgan fingerprint density at radius 2 is 1.79 bits per heavy atom. The smallest absolute Gasteiger partial charge is 0.127 e. The van der Waals surface area contributed by atoms with E-state index < -0.39 is 0 Å². The lowest BCUT2D eigenvalue weighted by Gasteiger charge is -2.08. The second-order valence-corrected chi connectivity index (χ2v) is 5.55. The first kappa shape index (κ1) is 14.1. The summed E-state index contributed by atoms with van der Waals surface area (Å²) in [6.07, 6.45) is 0. The number of benzene rings is 2. The van der Waals surface area contributed by atoms with Crippen LogP contribution in [0.5, 0.6) is 5.75 Å². The molecule has 100 valence electrons. The second kappa shape index (κ2) is 6.73. The average Bonchev–Trinajstić information content (AvgIpc) is 2.41. The minimum absolute atomic E-state index is 0.913. The van der Waals surface area contributed by atoms with E-state index in [1.54, 1.807) is 7.11 Å². The lowest BCUT2D eigenvalue weighted by atomic mass is 10.1. The molecule has 0 atom stereocenters. The number of rotatable bonds is 5. The largest absolute Gasteiger partial charge is 0.496 e. The number of nitrogens with two attached hydrogens (primary N) is 1. The molecule has 0 saturated carbocycles. The molecule has 0 radical (unpaired) electrons. The Morgan fingerprint density at radius 3 is 2.47 bits per heavy atom. The van der Waals surface area contributed by atoms with Gasteiger partial charge < -0.3 is 10.1 Å². The number of hydrogen-bond acceptors (Lipinski definition) is 1. The van der Waals surface area contributed by atoms with Crippen molar-refractivity contribution in [2.45, 2.75) is 20.0 Å². The average molecular weight is 321 g/mol. The molecule has 3 heteroatoms. The summed E-state index contributed by atoms with van der Waals surface area (Å²) in [6, 6.07) is 14.8. The zero-order valence-corrected chi connectivity index (χ0v) is 12.9. The number of quaternary nitrogens is 1. The lowest BCUT2D eigenvalue weighted by molar-refractivity contribution is -0.686. The summed E-state index contributed by atoms with van der Waals surface area (Å²) in [5, 5.41) is 2.29. The van der Waals surface area contributed by atoms with Crippen LogP contribution in [0.25, 0.3) is 0 Å². The first-order valence-corrected chi connectivity index (χ1v) is 7.18. The molecular weight excluding hydrogens is 302 g/mol. The summed E-state index contributed by atoms with van der Waals surface area (Å²) < 4.78 is 6.47. The Hall–Kier alpha value is -1.32. The molecule has 0 heterocycles. The highest BCUT2D eigenvalue weighted by Crippen LogP contribution is 2.21. The van der Waals surface area contributed by atoms with Gasteiger partial charge in [0, 0.05) is 15.6 Å². The van der Waals surface area contributed by atoms with Crippen LogP contribution in [0.1, 0.15) is 16.7 Å². The van der Waals surface area contributed by atoms with Crippen molar-refractivity contribution in [1.29, 1.82) is 0 Å². The van der Waals surface area contributed by atoms with E-state index >= 15 is 0 Å². The third-order valence-corrected chi connectivity index (χ3v) is 3.60. The van der Waals surface area contributed by atoms with Crippen molar-refractivity contribution in [3.05, 3.63) is 63.6 Å². The zero-order valence-electron chi connectivity index (χ0n) is 11.3. The summed E-state index contributed by atoms with van der Waals surface area (Å²) >= 11 is 3.50. The third-order valence-electron chi connectivity index (χ3n) is 3.11. The Morgan fingerprint density at radius 1 is 1.05 bits per heavy atom. The van der Waals surface area contributed by atoms with E-state index in [4.69, 9.17) is 4.74 Å². The van der Waals surface area contributed by atoms with Crippen LogP contribution in [-0.2, 0) is 13.1 Å². The maximum absolute atomic E-state index is 5.38. The summed E-state index contributed by atoms with van der Waals surface area (Å²) in [5.74, 6) is 0.948. The first-order valence-electron chi connectivity index (χ1n) is 6.38. The van der Waals surface area contributed by atoms with E-state index in [0.29, 0.717) is 0 Å². The highest BCUT2D eigenvalue weighted by atomic mass is 79.9. The van der Waals surface area contributed by atoms with Gasteiger partial charge in [0.05, 0.1) is 7.11 Å².